The first-order chi connectivity index (χ1) is 7.58. The van der Waals surface area contributed by atoms with Crippen LogP contribution in [-0.4, -0.2) is 21.7 Å². The summed E-state index contributed by atoms with van der Waals surface area (Å²) < 4.78 is 1.66. The van der Waals surface area contributed by atoms with Crippen LogP contribution in [0.3, 0.4) is 0 Å². The number of carbonyl (C=O) groups excluding carboxylic acids is 1. The van der Waals surface area contributed by atoms with Gasteiger partial charge in [0.1, 0.15) is 0 Å². The van der Waals surface area contributed by atoms with Gasteiger partial charge in [0.2, 0.25) is 0 Å². The van der Waals surface area contributed by atoms with Crippen molar-refractivity contribution in [1.82, 2.24) is 15.1 Å². The molecule has 0 spiro atoms. The summed E-state index contributed by atoms with van der Waals surface area (Å²) in [5.41, 5.74) is 6.48. The minimum atomic E-state index is -0.189. The normalized spacial score (nSPS) is 12.4. The molecule has 0 aliphatic carbocycles. The van der Waals surface area contributed by atoms with E-state index in [4.69, 9.17) is 5.73 Å². The van der Waals surface area contributed by atoms with E-state index in [1.54, 1.807) is 10.9 Å². The van der Waals surface area contributed by atoms with Crippen molar-refractivity contribution in [3.63, 3.8) is 0 Å². The van der Waals surface area contributed by atoms with Crippen molar-refractivity contribution < 1.29 is 4.79 Å². The van der Waals surface area contributed by atoms with Crippen molar-refractivity contribution in [3.05, 3.63) is 11.9 Å². The Hall–Kier alpha value is -1.52. The lowest BCUT2D eigenvalue weighted by atomic mass is 10.2. The standard InChI is InChI=1S/C11H20N4O/c1-4-6-8(3)13-11(16)10-9(12)7-15(5-2)14-10/h7-8H,4-6,12H2,1-3H3,(H,13,16). The Kier molecular flexibility index (Phi) is 4.34. The first-order valence-corrected chi connectivity index (χ1v) is 5.72. The fourth-order valence-corrected chi connectivity index (χ4v) is 1.57. The van der Waals surface area contributed by atoms with Crippen LogP contribution in [0.5, 0.6) is 0 Å². The molecule has 1 atom stereocenters. The number of rotatable bonds is 5. The monoisotopic (exact) mass is 224 g/mol. The zero-order valence-electron chi connectivity index (χ0n) is 10.2. The molecule has 1 rings (SSSR count). The molecular weight excluding hydrogens is 204 g/mol. The molecule has 0 saturated carbocycles. The van der Waals surface area contributed by atoms with Crippen molar-refractivity contribution in [3.8, 4) is 0 Å². The number of aryl methyl sites for hydroxylation is 1. The average Bonchev–Trinajstić information content (AvgIpc) is 2.60. The van der Waals surface area contributed by atoms with Gasteiger partial charge in [-0.05, 0) is 20.3 Å². The van der Waals surface area contributed by atoms with Gasteiger partial charge in [-0.2, -0.15) is 5.10 Å². The van der Waals surface area contributed by atoms with Crippen LogP contribution in [0.1, 0.15) is 44.1 Å². The van der Waals surface area contributed by atoms with Crippen molar-refractivity contribution in [2.24, 2.45) is 0 Å². The van der Waals surface area contributed by atoms with Crippen molar-refractivity contribution in [1.29, 1.82) is 0 Å². The van der Waals surface area contributed by atoms with Gasteiger partial charge in [0, 0.05) is 18.8 Å². The number of nitrogens with one attached hydrogen (secondary N) is 1. The van der Waals surface area contributed by atoms with Gasteiger partial charge >= 0.3 is 0 Å². The highest BCUT2D eigenvalue weighted by molar-refractivity contribution is 5.97. The van der Waals surface area contributed by atoms with Gasteiger partial charge in [-0.3, -0.25) is 9.48 Å². The maximum atomic E-state index is 11.8. The van der Waals surface area contributed by atoms with Crippen LogP contribution < -0.4 is 11.1 Å². The van der Waals surface area contributed by atoms with Crippen LogP contribution in [-0.2, 0) is 6.54 Å². The number of nitrogens with zero attached hydrogens (tertiary/aromatic N) is 2. The number of hydrogen-bond acceptors (Lipinski definition) is 3. The van der Waals surface area contributed by atoms with Crippen LogP contribution in [0.25, 0.3) is 0 Å². The second-order valence-electron chi connectivity index (χ2n) is 3.95. The van der Waals surface area contributed by atoms with Gasteiger partial charge in [0.25, 0.3) is 5.91 Å². The number of carbonyl (C=O) groups is 1. The predicted molar refractivity (Wildman–Crippen MR) is 64.1 cm³/mol. The number of hydrogen-bond donors (Lipinski definition) is 2. The Morgan fingerprint density at radius 1 is 1.62 bits per heavy atom. The van der Waals surface area contributed by atoms with Crippen molar-refractivity contribution in [2.45, 2.75) is 46.2 Å². The summed E-state index contributed by atoms with van der Waals surface area (Å²) in [7, 11) is 0. The Morgan fingerprint density at radius 3 is 2.81 bits per heavy atom. The van der Waals surface area contributed by atoms with E-state index in [1.165, 1.54) is 0 Å². The Labute approximate surface area is 96.0 Å². The molecule has 90 valence electrons. The lowest BCUT2D eigenvalue weighted by molar-refractivity contribution is 0.0933. The maximum absolute atomic E-state index is 11.8. The maximum Gasteiger partial charge on any atom is 0.274 e. The number of nitrogen functional groups attached to an aromatic ring is 1. The molecule has 3 N–H and O–H groups in total. The SMILES string of the molecule is CCCC(C)NC(=O)c1nn(CC)cc1N. The largest absolute Gasteiger partial charge is 0.396 e. The Bertz CT molecular complexity index is 359. The second kappa shape index (κ2) is 5.53. The highest BCUT2D eigenvalue weighted by Crippen LogP contribution is 2.09. The fourth-order valence-electron chi connectivity index (χ4n) is 1.57. The zero-order chi connectivity index (χ0) is 12.1. The average molecular weight is 224 g/mol. The van der Waals surface area contributed by atoms with Gasteiger partial charge in [-0.15, -0.1) is 0 Å². The van der Waals surface area contributed by atoms with Gasteiger partial charge in [-0.25, -0.2) is 0 Å². The van der Waals surface area contributed by atoms with Crippen LogP contribution in [0.2, 0.25) is 0 Å². The molecule has 1 amide bonds. The van der Waals surface area contributed by atoms with Crippen LogP contribution >= 0.6 is 0 Å². The molecule has 0 aliphatic heterocycles. The van der Waals surface area contributed by atoms with E-state index in [-0.39, 0.29) is 11.9 Å². The molecule has 1 unspecified atom stereocenters. The highest BCUT2D eigenvalue weighted by Gasteiger charge is 2.15. The van der Waals surface area contributed by atoms with E-state index in [2.05, 4.69) is 17.3 Å². The lowest BCUT2D eigenvalue weighted by Gasteiger charge is -2.11. The fraction of sp³-hybridized carbons (Fsp3) is 0.636. The number of nitrogens with two attached hydrogens (primary N) is 1. The third-order valence-electron chi connectivity index (χ3n) is 2.43. The molecule has 0 fully saturated rings. The van der Waals surface area contributed by atoms with E-state index in [1.807, 2.05) is 13.8 Å². The summed E-state index contributed by atoms with van der Waals surface area (Å²) in [6, 6.07) is 0.156. The quantitative estimate of drug-likeness (QED) is 0.794. The number of aromatic nitrogens is 2. The summed E-state index contributed by atoms with van der Waals surface area (Å²) in [5.74, 6) is -0.189. The zero-order valence-corrected chi connectivity index (χ0v) is 10.2. The lowest BCUT2D eigenvalue weighted by Crippen LogP contribution is -2.33. The minimum absolute atomic E-state index is 0.156. The van der Waals surface area contributed by atoms with E-state index in [0.29, 0.717) is 17.9 Å². The molecular formula is C11H20N4O. The van der Waals surface area contributed by atoms with Crippen LogP contribution in [0, 0.1) is 0 Å². The van der Waals surface area contributed by atoms with Gasteiger partial charge in [-0.1, -0.05) is 13.3 Å². The summed E-state index contributed by atoms with van der Waals surface area (Å²) in [5, 5.41) is 7.00. The third-order valence-corrected chi connectivity index (χ3v) is 2.43. The first-order valence-electron chi connectivity index (χ1n) is 5.72. The molecule has 5 nitrogen and oxygen atoms in total. The Balaban J connectivity index is 2.68. The molecule has 16 heavy (non-hydrogen) atoms. The predicted octanol–water partition coefficient (Wildman–Crippen LogP) is 1.40. The molecule has 0 saturated heterocycles. The van der Waals surface area contributed by atoms with E-state index < -0.39 is 0 Å². The topological polar surface area (TPSA) is 72.9 Å². The molecule has 0 aliphatic rings. The summed E-state index contributed by atoms with van der Waals surface area (Å²) >= 11 is 0. The molecule has 0 aromatic carbocycles. The Morgan fingerprint density at radius 2 is 2.31 bits per heavy atom. The number of anilines is 1. The molecule has 5 heteroatoms. The van der Waals surface area contributed by atoms with Gasteiger partial charge in [0.15, 0.2) is 5.69 Å². The smallest absolute Gasteiger partial charge is 0.274 e. The van der Waals surface area contributed by atoms with Gasteiger partial charge in [0.05, 0.1) is 5.69 Å². The highest BCUT2D eigenvalue weighted by atomic mass is 16.2. The number of amides is 1. The van der Waals surface area contributed by atoms with Crippen molar-refractivity contribution >= 4 is 11.6 Å². The third kappa shape index (κ3) is 2.98. The van der Waals surface area contributed by atoms with E-state index in [9.17, 15) is 4.79 Å². The first kappa shape index (κ1) is 12.5. The van der Waals surface area contributed by atoms with E-state index >= 15 is 0 Å². The molecule has 0 radical (unpaired) electrons. The minimum Gasteiger partial charge on any atom is -0.396 e. The van der Waals surface area contributed by atoms with Crippen molar-refractivity contribution in [2.75, 3.05) is 5.73 Å². The summed E-state index contributed by atoms with van der Waals surface area (Å²) in [4.78, 5) is 11.8. The summed E-state index contributed by atoms with van der Waals surface area (Å²) in [6.07, 6.45) is 3.68. The van der Waals surface area contributed by atoms with Crippen LogP contribution in [0.15, 0.2) is 6.20 Å². The molecule has 1 aromatic heterocycles. The van der Waals surface area contributed by atoms with Gasteiger partial charge < -0.3 is 11.1 Å². The molecule has 0 bridgehead atoms. The molecule has 1 heterocycles. The van der Waals surface area contributed by atoms with E-state index in [0.717, 1.165) is 12.8 Å². The summed E-state index contributed by atoms with van der Waals surface area (Å²) in [6.45, 7) is 6.73. The second-order valence-corrected chi connectivity index (χ2v) is 3.95. The molecule has 1 aromatic rings. The van der Waals surface area contributed by atoms with Crippen LogP contribution in [0.4, 0.5) is 5.69 Å².